The summed E-state index contributed by atoms with van der Waals surface area (Å²) in [5.41, 5.74) is -0.644. The minimum atomic E-state index is -1.36. The third-order valence-electron chi connectivity index (χ3n) is 3.04. The molecule has 0 radical (unpaired) electrons. The normalized spacial score (nSPS) is 15.9. The number of rotatable bonds is 5. The van der Waals surface area contributed by atoms with Gasteiger partial charge in [0.25, 0.3) is 11.5 Å². The first-order chi connectivity index (χ1) is 11.6. The average molecular weight is 415 g/mol. The predicted octanol–water partition coefficient (Wildman–Crippen LogP) is 2.89. The first kappa shape index (κ1) is 18.7. The van der Waals surface area contributed by atoms with Crippen LogP contribution in [0.25, 0.3) is 0 Å². The zero-order valence-corrected chi connectivity index (χ0v) is 15.2. The molecule has 1 N–H and O–H groups in total. The highest BCUT2D eigenvalue weighted by Gasteiger charge is 2.39. The zero-order valence-electron chi connectivity index (χ0n) is 13.6. The summed E-state index contributed by atoms with van der Waals surface area (Å²) in [5, 5.41) is 13.8. The van der Waals surface area contributed by atoms with Gasteiger partial charge in [0.15, 0.2) is 5.57 Å². The molecule has 0 saturated carbocycles. The Labute approximate surface area is 151 Å². The Hall–Kier alpha value is -2.62. The van der Waals surface area contributed by atoms with Gasteiger partial charge in [0.2, 0.25) is 0 Å². The summed E-state index contributed by atoms with van der Waals surface area (Å²) >= 11 is 3.19. The molecular formula is C15H15BrN2O7. The summed E-state index contributed by atoms with van der Waals surface area (Å²) in [4.78, 5) is 34.4. The summed E-state index contributed by atoms with van der Waals surface area (Å²) in [5.74, 6) is -2.78. The molecule has 0 amide bonds. The third-order valence-corrected chi connectivity index (χ3v) is 3.66. The monoisotopic (exact) mass is 414 g/mol. The van der Waals surface area contributed by atoms with E-state index >= 15 is 0 Å². The topological polar surface area (TPSA) is 117 Å². The number of hydrogen-bond acceptors (Lipinski definition) is 8. The SMILES string of the molecule is CCOc1cc(NC=C2C(=O)OC(C)(C)OC2=O)c([N+](=O)[O-])cc1Br. The molecule has 1 saturated heterocycles. The zero-order chi connectivity index (χ0) is 18.8. The molecule has 1 aromatic carbocycles. The molecule has 0 bridgehead atoms. The molecule has 1 aliphatic heterocycles. The number of esters is 2. The summed E-state index contributed by atoms with van der Waals surface area (Å²) in [6.45, 7) is 4.95. The Kier molecular flexibility index (Phi) is 5.31. The van der Waals surface area contributed by atoms with Crippen molar-refractivity contribution in [2.24, 2.45) is 0 Å². The molecule has 25 heavy (non-hydrogen) atoms. The predicted molar refractivity (Wildman–Crippen MR) is 89.9 cm³/mol. The Morgan fingerprint density at radius 3 is 2.44 bits per heavy atom. The van der Waals surface area contributed by atoms with E-state index in [-0.39, 0.29) is 11.4 Å². The standard InChI is InChI=1S/C15H15BrN2O7/c1-4-23-12-6-10(11(18(21)22)5-9(12)16)17-7-8-13(19)24-15(2,3)25-14(8)20/h5-7,17H,4H2,1-3H3. The number of hydrogen-bond donors (Lipinski definition) is 1. The minimum absolute atomic E-state index is 0.0367. The van der Waals surface area contributed by atoms with E-state index in [2.05, 4.69) is 21.2 Å². The number of cyclic esters (lactones) is 2. The van der Waals surface area contributed by atoms with Crippen LogP contribution in [0.5, 0.6) is 5.75 Å². The van der Waals surface area contributed by atoms with Gasteiger partial charge < -0.3 is 19.5 Å². The number of nitro benzene ring substituents is 1. The average Bonchev–Trinajstić information content (AvgIpc) is 2.47. The molecule has 0 spiro atoms. The van der Waals surface area contributed by atoms with Gasteiger partial charge >= 0.3 is 11.9 Å². The van der Waals surface area contributed by atoms with Gasteiger partial charge in [-0.1, -0.05) is 0 Å². The highest BCUT2D eigenvalue weighted by Crippen LogP contribution is 2.36. The van der Waals surface area contributed by atoms with Crippen molar-refractivity contribution >= 4 is 39.2 Å². The largest absolute Gasteiger partial charge is 0.493 e. The maximum Gasteiger partial charge on any atom is 0.350 e. The lowest BCUT2D eigenvalue weighted by Crippen LogP contribution is -2.42. The fourth-order valence-corrected chi connectivity index (χ4v) is 2.45. The van der Waals surface area contributed by atoms with Crippen molar-refractivity contribution in [2.45, 2.75) is 26.6 Å². The van der Waals surface area contributed by atoms with Crippen LogP contribution in [-0.2, 0) is 19.1 Å². The van der Waals surface area contributed by atoms with Gasteiger partial charge in [0, 0.05) is 32.2 Å². The summed E-state index contributed by atoms with van der Waals surface area (Å²) in [6, 6.07) is 2.64. The van der Waals surface area contributed by atoms with Crippen molar-refractivity contribution in [3.8, 4) is 5.75 Å². The van der Waals surface area contributed by atoms with Crippen LogP contribution in [0.1, 0.15) is 20.8 Å². The highest BCUT2D eigenvalue weighted by molar-refractivity contribution is 9.10. The number of carbonyl (C=O) groups excluding carboxylic acids is 2. The van der Waals surface area contributed by atoms with Gasteiger partial charge in [-0.05, 0) is 22.9 Å². The summed E-state index contributed by atoms with van der Waals surface area (Å²) < 4.78 is 15.7. The second kappa shape index (κ2) is 7.09. The highest BCUT2D eigenvalue weighted by atomic mass is 79.9. The number of nitrogens with one attached hydrogen (secondary N) is 1. The minimum Gasteiger partial charge on any atom is -0.493 e. The van der Waals surface area contributed by atoms with E-state index in [0.717, 1.165) is 6.20 Å². The van der Waals surface area contributed by atoms with Gasteiger partial charge in [0.1, 0.15) is 11.4 Å². The second-order valence-electron chi connectivity index (χ2n) is 5.37. The number of ether oxygens (including phenoxy) is 3. The quantitative estimate of drug-likeness (QED) is 0.257. The van der Waals surface area contributed by atoms with E-state index in [9.17, 15) is 19.7 Å². The van der Waals surface area contributed by atoms with Crippen molar-refractivity contribution in [3.63, 3.8) is 0 Å². The summed E-state index contributed by atoms with van der Waals surface area (Å²) in [7, 11) is 0. The second-order valence-corrected chi connectivity index (χ2v) is 6.23. The lowest BCUT2D eigenvalue weighted by molar-refractivity contribution is -0.384. The van der Waals surface area contributed by atoms with E-state index < -0.39 is 28.2 Å². The lowest BCUT2D eigenvalue weighted by Gasteiger charge is -2.29. The molecule has 0 unspecified atom stereocenters. The molecule has 1 fully saturated rings. The van der Waals surface area contributed by atoms with E-state index in [1.54, 1.807) is 6.92 Å². The Bertz CT molecular complexity index is 751. The van der Waals surface area contributed by atoms with Crippen LogP contribution in [0.15, 0.2) is 28.4 Å². The maximum atomic E-state index is 11.9. The van der Waals surface area contributed by atoms with Crippen LogP contribution in [-0.4, -0.2) is 29.3 Å². The lowest BCUT2D eigenvalue weighted by atomic mass is 10.2. The molecule has 134 valence electrons. The van der Waals surface area contributed by atoms with Crippen LogP contribution >= 0.6 is 15.9 Å². The number of halogens is 1. The van der Waals surface area contributed by atoms with E-state index in [0.29, 0.717) is 16.8 Å². The summed E-state index contributed by atoms with van der Waals surface area (Å²) in [6.07, 6.45) is 1.01. The molecule has 1 heterocycles. The molecule has 2 rings (SSSR count). The molecule has 10 heteroatoms. The van der Waals surface area contributed by atoms with Gasteiger partial charge in [-0.2, -0.15) is 0 Å². The van der Waals surface area contributed by atoms with Crippen LogP contribution in [0, 0.1) is 10.1 Å². The molecular weight excluding hydrogens is 400 g/mol. The molecule has 1 aromatic rings. The van der Waals surface area contributed by atoms with Crippen molar-refractivity contribution < 1.29 is 28.7 Å². The fraction of sp³-hybridized carbons (Fsp3) is 0.333. The van der Waals surface area contributed by atoms with Gasteiger partial charge in [-0.25, -0.2) is 9.59 Å². The van der Waals surface area contributed by atoms with Crippen LogP contribution < -0.4 is 10.1 Å². The van der Waals surface area contributed by atoms with Crippen LogP contribution in [0.2, 0.25) is 0 Å². The Balaban J connectivity index is 2.36. The molecule has 0 atom stereocenters. The molecule has 0 aliphatic carbocycles. The number of carbonyl (C=O) groups is 2. The third kappa shape index (κ3) is 4.27. The number of nitrogens with zero attached hydrogens (tertiary/aromatic N) is 1. The van der Waals surface area contributed by atoms with E-state index in [1.807, 2.05) is 0 Å². The first-order valence-electron chi connectivity index (χ1n) is 7.18. The smallest absolute Gasteiger partial charge is 0.350 e. The molecule has 9 nitrogen and oxygen atoms in total. The van der Waals surface area contributed by atoms with E-state index in [1.165, 1.54) is 26.0 Å². The number of anilines is 1. The van der Waals surface area contributed by atoms with E-state index in [4.69, 9.17) is 14.2 Å². The van der Waals surface area contributed by atoms with Crippen molar-refractivity contribution in [1.82, 2.24) is 0 Å². The fourth-order valence-electron chi connectivity index (χ4n) is 2.00. The number of nitro groups is 1. The molecule has 1 aliphatic rings. The maximum absolute atomic E-state index is 11.9. The Morgan fingerprint density at radius 2 is 1.92 bits per heavy atom. The first-order valence-corrected chi connectivity index (χ1v) is 7.98. The number of benzene rings is 1. The van der Waals surface area contributed by atoms with Crippen molar-refractivity contribution in [3.05, 3.63) is 38.5 Å². The van der Waals surface area contributed by atoms with Crippen LogP contribution in [0.3, 0.4) is 0 Å². The molecule has 0 aromatic heterocycles. The van der Waals surface area contributed by atoms with Crippen molar-refractivity contribution in [2.75, 3.05) is 11.9 Å². The van der Waals surface area contributed by atoms with Crippen LogP contribution in [0.4, 0.5) is 11.4 Å². The van der Waals surface area contributed by atoms with Gasteiger partial charge in [-0.15, -0.1) is 0 Å². The Morgan fingerprint density at radius 1 is 1.32 bits per heavy atom. The van der Waals surface area contributed by atoms with Gasteiger partial charge in [0.05, 0.1) is 16.0 Å². The van der Waals surface area contributed by atoms with Gasteiger partial charge in [-0.3, -0.25) is 10.1 Å². The van der Waals surface area contributed by atoms with Crippen molar-refractivity contribution in [1.29, 1.82) is 0 Å².